The molecule has 0 rings (SSSR count). The number of aliphatic hydroxyl groups is 1. The minimum atomic E-state index is -0.199. The van der Waals surface area contributed by atoms with Gasteiger partial charge >= 0.3 is 0 Å². The molecule has 0 saturated heterocycles. The molecule has 0 bridgehead atoms. The van der Waals surface area contributed by atoms with Gasteiger partial charge in [0.2, 0.25) is 0 Å². The number of rotatable bonds is 6. The van der Waals surface area contributed by atoms with Gasteiger partial charge in [0.05, 0.1) is 12.7 Å². The van der Waals surface area contributed by atoms with Gasteiger partial charge in [-0.3, -0.25) is 0 Å². The van der Waals surface area contributed by atoms with Crippen molar-refractivity contribution in [3.05, 3.63) is 0 Å². The molecule has 0 aromatic heterocycles. The lowest BCUT2D eigenvalue weighted by molar-refractivity contribution is 0.176. The Morgan fingerprint density at radius 1 is 1.50 bits per heavy atom. The van der Waals surface area contributed by atoms with E-state index in [1.807, 2.05) is 0 Å². The largest absolute Gasteiger partial charge is 0.393 e. The standard InChI is InChI=1S/C7H17NO2/c1-7(9)3-4-8-5-6-10-2/h7-9H,3-6H2,1-2H3. The number of hydrogen-bond acceptors (Lipinski definition) is 3. The maximum Gasteiger partial charge on any atom is 0.0587 e. The maximum absolute atomic E-state index is 8.84. The summed E-state index contributed by atoms with van der Waals surface area (Å²) in [7, 11) is 1.68. The van der Waals surface area contributed by atoms with Crippen LogP contribution in [0.1, 0.15) is 13.3 Å². The Bertz CT molecular complexity index is 66.6. The van der Waals surface area contributed by atoms with Gasteiger partial charge in [-0.05, 0) is 19.9 Å². The number of aliphatic hydroxyl groups excluding tert-OH is 1. The molecule has 2 N–H and O–H groups in total. The van der Waals surface area contributed by atoms with Gasteiger partial charge in [-0.2, -0.15) is 0 Å². The maximum atomic E-state index is 8.84. The highest BCUT2D eigenvalue weighted by Crippen LogP contribution is 1.84. The molecule has 0 amide bonds. The fraction of sp³-hybridized carbons (Fsp3) is 1.00. The average molecular weight is 147 g/mol. The molecule has 0 radical (unpaired) electrons. The van der Waals surface area contributed by atoms with Crippen molar-refractivity contribution in [2.75, 3.05) is 26.8 Å². The molecule has 0 aromatic carbocycles. The third-order valence-electron chi connectivity index (χ3n) is 1.22. The summed E-state index contributed by atoms with van der Waals surface area (Å²) >= 11 is 0. The Morgan fingerprint density at radius 2 is 2.20 bits per heavy atom. The van der Waals surface area contributed by atoms with Crippen LogP contribution in [-0.2, 0) is 4.74 Å². The summed E-state index contributed by atoms with van der Waals surface area (Å²) in [4.78, 5) is 0. The zero-order valence-corrected chi connectivity index (χ0v) is 6.76. The van der Waals surface area contributed by atoms with Crippen molar-refractivity contribution in [1.29, 1.82) is 0 Å². The summed E-state index contributed by atoms with van der Waals surface area (Å²) in [5.41, 5.74) is 0. The summed E-state index contributed by atoms with van der Waals surface area (Å²) in [6.45, 7) is 4.25. The van der Waals surface area contributed by atoms with Gasteiger partial charge in [0, 0.05) is 13.7 Å². The van der Waals surface area contributed by atoms with Crippen molar-refractivity contribution in [2.24, 2.45) is 0 Å². The van der Waals surface area contributed by atoms with E-state index in [9.17, 15) is 0 Å². The van der Waals surface area contributed by atoms with E-state index in [1.54, 1.807) is 14.0 Å². The second kappa shape index (κ2) is 6.99. The van der Waals surface area contributed by atoms with E-state index in [0.717, 1.165) is 26.1 Å². The monoisotopic (exact) mass is 147 g/mol. The molecule has 62 valence electrons. The van der Waals surface area contributed by atoms with E-state index in [2.05, 4.69) is 5.32 Å². The Balaban J connectivity index is 2.77. The molecule has 3 heteroatoms. The topological polar surface area (TPSA) is 41.5 Å². The highest BCUT2D eigenvalue weighted by molar-refractivity contribution is 4.50. The lowest BCUT2D eigenvalue weighted by Crippen LogP contribution is -2.22. The van der Waals surface area contributed by atoms with E-state index in [0.29, 0.717) is 0 Å². The van der Waals surface area contributed by atoms with Crippen LogP contribution in [0, 0.1) is 0 Å². The fourth-order valence-electron chi connectivity index (χ4n) is 0.610. The lowest BCUT2D eigenvalue weighted by atomic mass is 10.3. The third-order valence-corrected chi connectivity index (χ3v) is 1.22. The minimum Gasteiger partial charge on any atom is -0.393 e. The Kier molecular flexibility index (Phi) is 6.91. The van der Waals surface area contributed by atoms with Crippen LogP contribution < -0.4 is 5.32 Å². The molecule has 0 aliphatic carbocycles. The summed E-state index contributed by atoms with van der Waals surface area (Å²) in [6, 6.07) is 0. The first-order valence-corrected chi connectivity index (χ1v) is 3.65. The number of hydrogen-bond donors (Lipinski definition) is 2. The van der Waals surface area contributed by atoms with Crippen LogP contribution in [0.3, 0.4) is 0 Å². The van der Waals surface area contributed by atoms with Crippen LogP contribution in [0.4, 0.5) is 0 Å². The van der Waals surface area contributed by atoms with Crippen LogP contribution in [0.2, 0.25) is 0 Å². The first-order valence-electron chi connectivity index (χ1n) is 3.65. The smallest absolute Gasteiger partial charge is 0.0587 e. The molecule has 0 aliphatic heterocycles. The van der Waals surface area contributed by atoms with Crippen LogP contribution in [0.15, 0.2) is 0 Å². The van der Waals surface area contributed by atoms with Gasteiger partial charge in [-0.15, -0.1) is 0 Å². The lowest BCUT2D eigenvalue weighted by Gasteiger charge is -2.04. The second-order valence-electron chi connectivity index (χ2n) is 2.38. The summed E-state index contributed by atoms with van der Waals surface area (Å²) < 4.78 is 4.82. The fourth-order valence-corrected chi connectivity index (χ4v) is 0.610. The predicted octanol–water partition coefficient (Wildman–Crippen LogP) is -0.00670. The Morgan fingerprint density at radius 3 is 2.70 bits per heavy atom. The molecular weight excluding hydrogens is 130 g/mol. The minimum absolute atomic E-state index is 0.199. The summed E-state index contributed by atoms with van der Waals surface area (Å²) in [5, 5.41) is 12.0. The van der Waals surface area contributed by atoms with Gasteiger partial charge in [-0.25, -0.2) is 0 Å². The highest BCUT2D eigenvalue weighted by Gasteiger charge is 1.92. The number of methoxy groups -OCH3 is 1. The zero-order valence-electron chi connectivity index (χ0n) is 6.76. The molecule has 0 saturated carbocycles. The van der Waals surface area contributed by atoms with E-state index in [-0.39, 0.29) is 6.10 Å². The average Bonchev–Trinajstić information content (AvgIpc) is 1.87. The molecule has 0 spiro atoms. The van der Waals surface area contributed by atoms with Crippen LogP contribution in [0.5, 0.6) is 0 Å². The molecule has 0 aromatic rings. The third kappa shape index (κ3) is 7.88. The van der Waals surface area contributed by atoms with E-state index in [4.69, 9.17) is 9.84 Å². The quantitative estimate of drug-likeness (QED) is 0.519. The molecule has 1 atom stereocenters. The molecule has 1 unspecified atom stereocenters. The van der Waals surface area contributed by atoms with Crippen molar-refractivity contribution in [3.8, 4) is 0 Å². The molecule has 0 aliphatic rings. The Hall–Kier alpha value is -0.120. The SMILES string of the molecule is COCCNCCC(C)O. The van der Waals surface area contributed by atoms with Crippen LogP contribution >= 0.6 is 0 Å². The van der Waals surface area contributed by atoms with E-state index >= 15 is 0 Å². The second-order valence-corrected chi connectivity index (χ2v) is 2.38. The zero-order chi connectivity index (χ0) is 7.82. The predicted molar refractivity (Wildman–Crippen MR) is 41.0 cm³/mol. The van der Waals surface area contributed by atoms with Crippen molar-refractivity contribution in [2.45, 2.75) is 19.4 Å². The normalized spacial score (nSPS) is 13.5. The van der Waals surface area contributed by atoms with E-state index in [1.165, 1.54) is 0 Å². The van der Waals surface area contributed by atoms with Gasteiger partial charge in [0.15, 0.2) is 0 Å². The van der Waals surface area contributed by atoms with Crippen molar-refractivity contribution in [3.63, 3.8) is 0 Å². The number of ether oxygens (including phenoxy) is 1. The summed E-state index contributed by atoms with van der Waals surface area (Å²) in [5.74, 6) is 0. The molecule has 0 fully saturated rings. The first kappa shape index (κ1) is 9.88. The van der Waals surface area contributed by atoms with Crippen molar-refractivity contribution in [1.82, 2.24) is 5.32 Å². The highest BCUT2D eigenvalue weighted by atomic mass is 16.5. The van der Waals surface area contributed by atoms with E-state index < -0.39 is 0 Å². The van der Waals surface area contributed by atoms with Gasteiger partial charge in [-0.1, -0.05) is 0 Å². The number of nitrogens with one attached hydrogen (secondary N) is 1. The first-order chi connectivity index (χ1) is 4.77. The van der Waals surface area contributed by atoms with Crippen LogP contribution in [-0.4, -0.2) is 38.0 Å². The molecule has 3 nitrogen and oxygen atoms in total. The van der Waals surface area contributed by atoms with Crippen molar-refractivity contribution >= 4 is 0 Å². The molecule has 10 heavy (non-hydrogen) atoms. The van der Waals surface area contributed by atoms with Crippen LogP contribution in [0.25, 0.3) is 0 Å². The van der Waals surface area contributed by atoms with Gasteiger partial charge < -0.3 is 15.2 Å². The van der Waals surface area contributed by atoms with Gasteiger partial charge in [0.25, 0.3) is 0 Å². The van der Waals surface area contributed by atoms with Gasteiger partial charge in [0.1, 0.15) is 0 Å². The summed E-state index contributed by atoms with van der Waals surface area (Å²) in [6.07, 6.45) is 0.610. The molecule has 0 heterocycles. The van der Waals surface area contributed by atoms with Crippen molar-refractivity contribution < 1.29 is 9.84 Å². The molecular formula is C7H17NO2. The Labute approximate surface area is 62.4 Å².